The Bertz CT molecular complexity index is 679. The van der Waals surface area contributed by atoms with E-state index in [4.69, 9.17) is 4.74 Å². The molecule has 0 fully saturated rings. The van der Waals surface area contributed by atoms with E-state index in [-0.39, 0.29) is 5.91 Å². The van der Waals surface area contributed by atoms with Crippen LogP contribution in [0.15, 0.2) is 5.38 Å². The number of fused-ring (bicyclic) bond motifs is 1. The monoisotopic (exact) mass is 321 g/mol. The average Bonchev–Trinajstić information content (AvgIpc) is 3.12. The van der Waals surface area contributed by atoms with Crippen LogP contribution in [0, 0.1) is 0 Å². The molecule has 7 nitrogen and oxygen atoms in total. The van der Waals surface area contributed by atoms with E-state index in [0.29, 0.717) is 31.3 Å². The predicted molar refractivity (Wildman–Crippen MR) is 81.7 cm³/mol. The number of nitrogens with zero attached hydrogens (tertiary/aromatic N) is 5. The molecule has 0 unspecified atom stereocenters. The van der Waals surface area contributed by atoms with E-state index in [1.165, 1.54) is 11.3 Å². The van der Waals surface area contributed by atoms with Gasteiger partial charge in [-0.05, 0) is 0 Å². The normalized spacial score (nSPS) is 14.5. The van der Waals surface area contributed by atoms with Gasteiger partial charge in [-0.15, -0.1) is 21.5 Å². The number of methoxy groups -OCH3 is 1. The highest BCUT2D eigenvalue weighted by Gasteiger charge is 2.27. The van der Waals surface area contributed by atoms with E-state index in [2.05, 4.69) is 33.6 Å². The standard InChI is InChI=1S/C14H19N5O2S/c1-9(2)13-17-16-11-6-18(4-5-19(11)13)14(20)10-8-22-12(15-10)7-21-3/h8-9H,4-7H2,1-3H3. The number of aromatic nitrogens is 4. The zero-order chi connectivity index (χ0) is 15.7. The van der Waals surface area contributed by atoms with Gasteiger partial charge in [0.2, 0.25) is 0 Å². The summed E-state index contributed by atoms with van der Waals surface area (Å²) in [5, 5.41) is 11.1. The maximum Gasteiger partial charge on any atom is 0.273 e. The van der Waals surface area contributed by atoms with E-state index in [9.17, 15) is 4.79 Å². The number of amides is 1. The number of carbonyl (C=O) groups excluding carboxylic acids is 1. The summed E-state index contributed by atoms with van der Waals surface area (Å²) in [5.74, 6) is 2.10. The van der Waals surface area contributed by atoms with Crippen LogP contribution in [0.4, 0.5) is 0 Å². The Morgan fingerprint density at radius 1 is 1.41 bits per heavy atom. The van der Waals surface area contributed by atoms with Crippen molar-refractivity contribution in [2.24, 2.45) is 0 Å². The van der Waals surface area contributed by atoms with Crippen LogP contribution in [0.2, 0.25) is 0 Å². The van der Waals surface area contributed by atoms with Crippen LogP contribution in [0.1, 0.15) is 46.9 Å². The van der Waals surface area contributed by atoms with Gasteiger partial charge in [0.15, 0.2) is 5.82 Å². The lowest BCUT2D eigenvalue weighted by atomic mass is 10.2. The molecule has 3 heterocycles. The molecule has 0 aliphatic carbocycles. The minimum atomic E-state index is -0.0565. The SMILES string of the molecule is COCc1nc(C(=O)N2CCn3c(nnc3C(C)C)C2)cs1. The van der Waals surface area contributed by atoms with Crippen molar-refractivity contribution in [3.63, 3.8) is 0 Å². The first-order chi connectivity index (χ1) is 10.6. The van der Waals surface area contributed by atoms with Crippen molar-refractivity contribution in [2.45, 2.75) is 39.5 Å². The van der Waals surface area contributed by atoms with Gasteiger partial charge in [0.1, 0.15) is 16.5 Å². The molecule has 0 radical (unpaired) electrons. The smallest absolute Gasteiger partial charge is 0.273 e. The second-order valence-electron chi connectivity index (χ2n) is 5.57. The Labute approximate surface area is 132 Å². The highest BCUT2D eigenvalue weighted by atomic mass is 32.1. The van der Waals surface area contributed by atoms with E-state index in [1.807, 2.05) is 0 Å². The molecular weight excluding hydrogens is 302 g/mol. The van der Waals surface area contributed by atoms with Crippen LogP contribution in [-0.2, 0) is 24.4 Å². The van der Waals surface area contributed by atoms with Gasteiger partial charge in [-0.25, -0.2) is 4.98 Å². The van der Waals surface area contributed by atoms with E-state index >= 15 is 0 Å². The van der Waals surface area contributed by atoms with Gasteiger partial charge in [0.25, 0.3) is 5.91 Å². The molecule has 22 heavy (non-hydrogen) atoms. The fraction of sp³-hybridized carbons (Fsp3) is 0.571. The van der Waals surface area contributed by atoms with Gasteiger partial charge in [-0.3, -0.25) is 4.79 Å². The maximum absolute atomic E-state index is 12.5. The van der Waals surface area contributed by atoms with Crippen LogP contribution >= 0.6 is 11.3 Å². The fourth-order valence-electron chi connectivity index (χ4n) is 2.54. The second-order valence-corrected chi connectivity index (χ2v) is 6.51. The Kier molecular flexibility index (Phi) is 4.21. The van der Waals surface area contributed by atoms with Crippen molar-refractivity contribution >= 4 is 17.2 Å². The van der Waals surface area contributed by atoms with Gasteiger partial charge in [-0.1, -0.05) is 13.8 Å². The summed E-state index contributed by atoms with van der Waals surface area (Å²) in [6, 6.07) is 0. The molecule has 0 bridgehead atoms. The number of rotatable bonds is 4. The van der Waals surface area contributed by atoms with Crippen molar-refractivity contribution in [3.8, 4) is 0 Å². The fourth-order valence-corrected chi connectivity index (χ4v) is 3.28. The Balaban J connectivity index is 1.74. The van der Waals surface area contributed by atoms with E-state index < -0.39 is 0 Å². The second kappa shape index (κ2) is 6.13. The molecule has 1 aliphatic heterocycles. The van der Waals surface area contributed by atoms with Gasteiger partial charge in [-0.2, -0.15) is 0 Å². The third-order valence-corrected chi connectivity index (χ3v) is 4.45. The topological polar surface area (TPSA) is 73.1 Å². The Morgan fingerprint density at radius 2 is 2.23 bits per heavy atom. The van der Waals surface area contributed by atoms with Crippen LogP contribution in [0.25, 0.3) is 0 Å². The summed E-state index contributed by atoms with van der Waals surface area (Å²) in [4.78, 5) is 18.6. The summed E-state index contributed by atoms with van der Waals surface area (Å²) < 4.78 is 7.16. The molecule has 0 spiro atoms. The molecule has 2 aromatic rings. The highest BCUT2D eigenvalue weighted by Crippen LogP contribution is 2.20. The molecule has 0 aromatic carbocycles. The summed E-state index contributed by atoms with van der Waals surface area (Å²) in [6.07, 6.45) is 0. The van der Waals surface area contributed by atoms with Gasteiger partial charge < -0.3 is 14.2 Å². The number of thiazole rings is 1. The summed E-state index contributed by atoms with van der Waals surface area (Å²) >= 11 is 1.44. The number of ether oxygens (including phenoxy) is 1. The minimum Gasteiger partial charge on any atom is -0.378 e. The first-order valence-corrected chi connectivity index (χ1v) is 8.12. The van der Waals surface area contributed by atoms with Crippen LogP contribution in [-0.4, -0.2) is 44.2 Å². The highest BCUT2D eigenvalue weighted by molar-refractivity contribution is 7.09. The third kappa shape index (κ3) is 2.76. The molecule has 0 atom stereocenters. The summed E-state index contributed by atoms with van der Waals surface area (Å²) in [5.41, 5.74) is 0.481. The number of hydrogen-bond donors (Lipinski definition) is 0. The average molecular weight is 321 g/mol. The zero-order valence-corrected chi connectivity index (χ0v) is 13.8. The lowest BCUT2D eigenvalue weighted by Crippen LogP contribution is -2.39. The molecule has 2 aromatic heterocycles. The van der Waals surface area contributed by atoms with Gasteiger partial charge in [0, 0.05) is 31.5 Å². The van der Waals surface area contributed by atoms with Crippen LogP contribution in [0.3, 0.4) is 0 Å². The van der Waals surface area contributed by atoms with Crippen molar-refractivity contribution in [1.29, 1.82) is 0 Å². The first kappa shape index (κ1) is 15.1. The number of carbonyl (C=O) groups is 1. The Hall–Kier alpha value is -1.80. The third-order valence-electron chi connectivity index (χ3n) is 3.62. The minimum absolute atomic E-state index is 0.0565. The molecule has 8 heteroatoms. The van der Waals surface area contributed by atoms with Crippen molar-refractivity contribution in [1.82, 2.24) is 24.6 Å². The van der Waals surface area contributed by atoms with Crippen LogP contribution < -0.4 is 0 Å². The lowest BCUT2D eigenvalue weighted by molar-refractivity contribution is 0.0700. The number of hydrogen-bond acceptors (Lipinski definition) is 6. The van der Waals surface area contributed by atoms with E-state index in [1.54, 1.807) is 17.4 Å². The molecule has 0 saturated heterocycles. The van der Waals surface area contributed by atoms with Crippen LogP contribution in [0.5, 0.6) is 0 Å². The molecule has 0 saturated carbocycles. The maximum atomic E-state index is 12.5. The molecular formula is C14H19N5O2S. The van der Waals surface area contributed by atoms with Gasteiger partial charge >= 0.3 is 0 Å². The van der Waals surface area contributed by atoms with Crippen molar-refractivity contribution in [2.75, 3.05) is 13.7 Å². The predicted octanol–water partition coefficient (Wildman–Crippen LogP) is 1.66. The molecule has 3 rings (SSSR count). The molecule has 0 N–H and O–H groups in total. The largest absolute Gasteiger partial charge is 0.378 e. The molecule has 118 valence electrons. The van der Waals surface area contributed by atoms with E-state index in [0.717, 1.165) is 23.2 Å². The lowest BCUT2D eigenvalue weighted by Gasteiger charge is -2.27. The zero-order valence-electron chi connectivity index (χ0n) is 12.9. The Morgan fingerprint density at radius 3 is 2.95 bits per heavy atom. The van der Waals surface area contributed by atoms with Crippen molar-refractivity contribution in [3.05, 3.63) is 27.7 Å². The quantitative estimate of drug-likeness (QED) is 0.856. The molecule has 1 amide bonds. The molecule has 1 aliphatic rings. The first-order valence-electron chi connectivity index (χ1n) is 7.24. The summed E-state index contributed by atoms with van der Waals surface area (Å²) in [7, 11) is 1.62. The van der Waals surface area contributed by atoms with Crippen molar-refractivity contribution < 1.29 is 9.53 Å². The summed E-state index contributed by atoms with van der Waals surface area (Å²) in [6.45, 7) is 6.50. The van der Waals surface area contributed by atoms with Gasteiger partial charge in [0.05, 0.1) is 13.2 Å².